The normalized spacial score (nSPS) is 28.2. The highest BCUT2D eigenvalue weighted by Crippen LogP contribution is 2.34. The van der Waals surface area contributed by atoms with Gasteiger partial charge < -0.3 is 9.64 Å². The van der Waals surface area contributed by atoms with Gasteiger partial charge in [-0.15, -0.1) is 0 Å². The van der Waals surface area contributed by atoms with Gasteiger partial charge in [0.2, 0.25) is 5.91 Å². The third-order valence-corrected chi connectivity index (χ3v) is 5.04. The highest BCUT2D eigenvalue weighted by Gasteiger charge is 2.42. The number of amides is 1. The van der Waals surface area contributed by atoms with Crippen LogP contribution in [0, 0.1) is 18.8 Å². The third-order valence-electron chi connectivity index (χ3n) is 5.04. The molecule has 1 aromatic rings. The Bertz CT molecular complexity index is 561. The van der Waals surface area contributed by atoms with Crippen LogP contribution >= 0.6 is 0 Å². The maximum absolute atomic E-state index is 12.5. The van der Waals surface area contributed by atoms with Crippen molar-refractivity contribution in [1.82, 2.24) is 14.8 Å². The summed E-state index contributed by atoms with van der Waals surface area (Å²) in [5.41, 5.74) is 2.16. The van der Waals surface area contributed by atoms with Crippen LogP contribution in [0.3, 0.4) is 0 Å². The zero-order valence-corrected chi connectivity index (χ0v) is 14.4. The van der Waals surface area contributed by atoms with E-state index in [1.54, 1.807) is 4.90 Å². The second-order valence-corrected chi connectivity index (χ2v) is 7.00. The summed E-state index contributed by atoms with van der Waals surface area (Å²) in [6.45, 7) is 5.53. The van der Waals surface area contributed by atoms with Crippen LogP contribution < -0.4 is 0 Å². The fraction of sp³-hybridized carbons (Fsp3) is 0.667. The van der Waals surface area contributed by atoms with Crippen LogP contribution in [0.5, 0.6) is 0 Å². The second-order valence-electron chi connectivity index (χ2n) is 7.00. The molecule has 126 valence electrons. The predicted octanol–water partition coefficient (Wildman–Crippen LogP) is 1.71. The molecule has 0 N–H and O–H groups in total. The largest absolute Gasteiger partial charge is 0.378 e. The fourth-order valence-corrected chi connectivity index (χ4v) is 3.88. The summed E-state index contributed by atoms with van der Waals surface area (Å²) >= 11 is 0. The summed E-state index contributed by atoms with van der Waals surface area (Å²) in [5.74, 6) is 0.646. The minimum absolute atomic E-state index is 0.0945. The van der Waals surface area contributed by atoms with Gasteiger partial charge in [-0.3, -0.25) is 14.7 Å². The lowest BCUT2D eigenvalue weighted by Gasteiger charge is -2.45. The Balaban J connectivity index is 1.69. The number of aryl methyl sites for hydroxylation is 1. The van der Waals surface area contributed by atoms with Gasteiger partial charge in [0.15, 0.2) is 0 Å². The van der Waals surface area contributed by atoms with Gasteiger partial charge in [0.1, 0.15) is 0 Å². The van der Waals surface area contributed by atoms with Crippen molar-refractivity contribution in [3.8, 4) is 0 Å². The summed E-state index contributed by atoms with van der Waals surface area (Å²) < 4.78 is 5.95. The summed E-state index contributed by atoms with van der Waals surface area (Å²) in [5, 5.41) is 0. The molecule has 0 spiro atoms. The quantitative estimate of drug-likeness (QED) is 0.851. The first kappa shape index (κ1) is 16.4. The first-order valence-corrected chi connectivity index (χ1v) is 8.52. The number of aromatic nitrogens is 1. The van der Waals surface area contributed by atoms with Crippen LogP contribution in [0.1, 0.15) is 24.2 Å². The summed E-state index contributed by atoms with van der Waals surface area (Å²) in [4.78, 5) is 21.3. The monoisotopic (exact) mass is 317 g/mol. The van der Waals surface area contributed by atoms with Crippen molar-refractivity contribution in [3.63, 3.8) is 0 Å². The zero-order valence-electron chi connectivity index (χ0n) is 14.4. The standard InChI is InChI=1S/C18H27N3O2/c1-13-5-4-6-14(19-13)11-21-9-7-17-16(12-21)15(8-10-23-17)18(22)20(2)3/h4-6,15-17H,7-12H2,1-3H3/t15-,16+,17-/m0/s1. The highest BCUT2D eigenvalue weighted by molar-refractivity contribution is 5.78. The van der Waals surface area contributed by atoms with Gasteiger partial charge in [-0.2, -0.15) is 0 Å². The van der Waals surface area contributed by atoms with E-state index in [-0.39, 0.29) is 17.9 Å². The van der Waals surface area contributed by atoms with E-state index in [0.717, 1.165) is 43.9 Å². The van der Waals surface area contributed by atoms with Crippen LogP contribution in [-0.2, 0) is 16.1 Å². The average molecular weight is 317 g/mol. The number of hydrogen-bond acceptors (Lipinski definition) is 4. The van der Waals surface area contributed by atoms with Crippen LogP contribution in [0.15, 0.2) is 18.2 Å². The molecular weight excluding hydrogens is 290 g/mol. The van der Waals surface area contributed by atoms with Crippen molar-refractivity contribution in [1.29, 1.82) is 0 Å². The lowest BCUT2D eigenvalue weighted by molar-refractivity contribution is -0.149. The minimum Gasteiger partial charge on any atom is -0.378 e. The van der Waals surface area contributed by atoms with Gasteiger partial charge in [-0.1, -0.05) is 6.07 Å². The van der Waals surface area contributed by atoms with Gasteiger partial charge >= 0.3 is 0 Å². The number of hydrogen-bond donors (Lipinski definition) is 0. The zero-order chi connectivity index (χ0) is 16.4. The van der Waals surface area contributed by atoms with Crippen molar-refractivity contribution < 1.29 is 9.53 Å². The van der Waals surface area contributed by atoms with E-state index in [1.807, 2.05) is 27.1 Å². The summed E-state index contributed by atoms with van der Waals surface area (Å²) in [7, 11) is 3.70. The fourth-order valence-electron chi connectivity index (χ4n) is 3.88. The number of likely N-dealkylation sites (tertiary alicyclic amines) is 1. The Labute approximate surface area is 138 Å². The third kappa shape index (κ3) is 3.72. The molecule has 0 unspecified atom stereocenters. The molecule has 0 aliphatic carbocycles. The van der Waals surface area contributed by atoms with Crippen LogP contribution in [0.4, 0.5) is 0 Å². The molecule has 0 radical (unpaired) electrons. The number of fused-ring (bicyclic) bond motifs is 1. The van der Waals surface area contributed by atoms with Crippen molar-refractivity contribution in [2.75, 3.05) is 33.8 Å². The first-order chi connectivity index (χ1) is 11.0. The maximum Gasteiger partial charge on any atom is 0.225 e. The van der Waals surface area contributed by atoms with E-state index in [4.69, 9.17) is 4.74 Å². The molecule has 2 saturated heterocycles. The van der Waals surface area contributed by atoms with Crippen molar-refractivity contribution in [2.24, 2.45) is 11.8 Å². The maximum atomic E-state index is 12.5. The molecule has 0 bridgehead atoms. The van der Waals surface area contributed by atoms with E-state index in [0.29, 0.717) is 12.5 Å². The Morgan fingerprint density at radius 1 is 1.39 bits per heavy atom. The SMILES string of the molecule is Cc1cccc(CN2CC[C@@H]3OCC[C@H](C(=O)N(C)C)[C@H]3C2)n1. The van der Waals surface area contributed by atoms with Crippen molar-refractivity contribution in [2.45, 2.75) is 32.4 Å². The van der Waals surface area contributed by atoms with E-state index in [2.05, 4.69) is 22.0 Å². The van der Waals surface area contributed by atoms with Crippen molar-refractivity contribution >= 4 is 5.91 Å². The Hall–Kier alpha value is -1.46. The molecule has 1 amide bonds. The predicted molar refractivity (Wildman–Crippen MR) is 88.9 cm³/mol. The smallest absolute Gasteiger partial charge is 0.225 e. The minimum atomic E-state index is 0.0945. The number of piperidine rings is 1. The molecule has 5 heteroatoms. The average Bonchev–Trinajstić information content (AvgIpc) is 2.53. The van der Waals surface area contributed by atoms with Gasteiger partial charge in [-0.25, -0.2) is 0 Å². The Morgan fingerprint density at radius 3 is 2.96 bits per heavy atom. The van der Waals surface area contributed by atoms with E-state index >= 15 is 0 Å². The number of carbonyl (C=O) groups excluding carboxylic acids is 1. The van der Waals surface area contributed by atoms with Crippen LogP contribution in [-0.4, -0.2) is 60.6 Å². The lowest BCUT2D eigenvalue weighted by atomic mass is 9.78. The molecule has 0 aromatic carbocycles. The number of carbonyl (C=O) groups is 1. The molecule has 23 heavy (non-hydrogen) atoms. The first-order valence-electron chi connectivity index (χ1n) is 8.52. The van der Waals surface area contributed by atoms with Gasteiger partial charge in [0.05, 0.1) is 11.8 Å². The molecule has 3 heterocycles. The number of nitrogens with zero attached hydrogens (tertiary/aromatic N) is 3. The van der Waals surface area contributed by atoms with E-state index < -0.39 is 0 Å². The lowest BCUT2D eigenvalue weighted by Crippen LogP contribution is -2.53. The second kappa shape index (κ2) is 6.97. The number of pyridine rings is 1. The van der Waals surface area contributed by atoms with Gasteiger partial charge in [0, 0.05) is 57.9 Å². The molecule has 2 aliphatic rings. The van der Waals surface area contributed by atoms with E-state index in [9.17, 15) is 4.79 Å². The van der Waals surface area contributed by atoms with Crippen LogP contribution in [0.25, 0.3) is 0 Å². The molecule has 0 saturated carbocycles. The molecule has 3 rings (SSSR count). The molecule has 2 aliphatic heterocycles. The number of rotatable bonds is 3. The van der Waals surface area contributed by atoms with E-state index in [1.165, 1.54) is 0 Å². The van der Waals surface area contributed by atoms with Gasteiger partial charge in [0.25, 0.3) is 0 Å². The Kier molecular flexibility index (Phi) is 4.97. The molecule has 2 fully saturated rings. The number of ether oxygens (including phenoxy) is 1. The topological polar surface area (TPSA) is 45.7 Å². The van der Waals surface area contributed by atoms with Gasteiger partial charge in [-0.05, 0) is 31.9 Å². The van der Waals surface area contributed by atoms with Crippen molar-refractivity contribution in [3.05, 3.63) is 29.6 Å². The molecule has 5 nitrogen and oxygen atoms in total. The summed E-state index contributed by atoms with van der Waals surface area (Å²) in [6, 6.07) is 6.17. The van der Waals surface area contributed by atoms with Crippen LogP contribution in [0.2, 0.25) is 0 Å². The Morgan fingerprint density at radius 2 is 2.22 bits per heavy atom. The highest BCUT2D eigenvalue weighted by atomic mass is 16.5. The molecule has 3 atom stereocenters. The molecular formula is C18H27N3O2. The summed E-state index contributed by atoms with van der Waals surface area (Å²) in [6.07, 6.45) is 2.09. The molecule has 1 aromatic heterocycles.